The van der Waals surface area contributed by atoms with Gasteiger partial charge in [0, 0.05) is 30.8 Å². The molecule has 0 radical (unpaired) electrons. The van der Waals surface area contributed by atoms with Crippen LogP contribution in [0.4, 0.5) is 0 Å². The zero-order valence-corrected chi connectivity index (χ0v) is 15.4. The highest BCUT2D eigenvalue weighted by Crippen LogP contribution is 2.23. The first-order valence-corrected chi connectivity index (χ1v) is 8.79. The SMILES string of the molecule is COC(=O)CCN(CC1CCCO1)C(=O)C=C(C)c1ccccc1Cl. The third kappa shape index (κ3) is 5.87. The number of carbonyl (C=O) groups excluding carboxylic acids is 2. The number of benzene rings is 1. The molecule has 1 amide bonds. The van der Waals surface area contributed by atoms with Crippen LogP contribution in [0.15, 0.2) is 30.3 Å². The molecule has 2 rings (SSSR count). The minimum absolute atomic E-state index is 0.0237. The van der Waals surface area contributed by atoms with Crippen molar-refractivity contribution in [3.63, 3.8) is 0 Å². The van der Waals surface area contributed by atoms with Crippen molar-refractivity contribution in [2.24, 2.45) is 0 Å². The van der Waals surface area contributed by atoms with Gasteiger partial charge in [0.05, 0.1) is 19.6 Å². The topological polar surface area (TPSA) is 55.8 Å². The van der Waals surface area contributed by atoms with E-state index in [1.165, 1.54) is 7.11 Å². The summed E-state index contributed by atoms with van der Waals surface area (Å²) in [5.74, 6) is -0.492. The van der Waals surface area contributed by atoms with Crippen LogP contribution < -0.4 is 0 Å². The summed E-state index contributed by atoms with van der Waals surface area (Å²) in [4.78, 5) is 25.8. The lowest BCUT2D eigenvalue weighted by Gasteiger charge is -2.24. The highest BCUT2D eigenvalue weighted by Gasteiger charge is 2.22. The van der Waals surface area contributed by atoms with E-state index in [0.29, 0.717) is 18.1 Å². The number of halogens is 1. The van der Waals surface area contributed by atoms with Gasteiger partial charge in [-0.1, -0.05) is 29.8 Å². The molecule has 0 saturated carbocycles. The van der Waals surface area contributed by atoms with E-state index < -0.39 is 0 Å². The van der Waals surface area contributed by atoms with Crippen molar-refractivity contribution in [3.8, 4) is 0 Å². The summed E-state index contributed by atoms with van der Waals surface area (Å²) in [5, 5.41) is 0.601. The molecule has 1 saturated heterocycles. The Morgan fingerprint density at radius 2 is 2.16 bits per heavy atom. The van der Waals surface area contributed by atoms with Crippen LogP contribution in [0.5, 0.6) is 0 Å². The van der Waals surface area contributed by atoms with Crippen molar-refractivity contribution >= 4 is 29.1 Å². The van der Waals surface area contributed by atoms with E-state index in [-0.39, 0.29) is 24.4 Å². The number of allylic oxidation sites excluding steroid dienone is 1. The predicted octanol–water partition coefficient (Wildman–Crippen LogP) is 3.31. The van der Waals surface area contributed by atoms with Gasteiger partial charge in [-0.05, 0) is 37.0 Å². The molecular weight excluding hydrogens is 342 g/mol. The van der Waals surface area contributed by atoms with E-state index in [9.17, 15) is 9.59 Å². The van der Waals surface area contributed by atoms with Gasteiger partial charge in [-0.25, -0.2) is 0 Å². The highest BCUT2D eigenvalue weighted by atomic mass is 35.5. The van der Waals surface area contributed by atoms with Gasteiger partial charge in [-0.15, -0.1) is 0 Å². The first kappa shape index (κ1) is 19.5. The number of esters is 1. The maximum Gasteiger partial charge on any atom is 0.307 e. The van der Waals surface area contributed by atoms with E-state index in [2.05, 4.69) is 4.74 Å². The van der Waals surface area contributed by atoms with Gasteiger partial charge in [-0.2, -0.15) is 0 Å². The Hall–Kier alpha value is -1.85. The Kier molecular flexibility index (Phi) is 7.47. The smallest absolute Gasteiger partial charge is 0.307 e. The number of amides is 1. The van der Waals surface area contributed by atoms with Crippen molar-refractivity contribution in [1.29, 1.82) is 0 Å². The third-order valence-electron chi connectivity index (χ3n) is 4.21. The molecule has 1 aliphatic rings. The molecule has 1 aromatic carbocycles. The van der Waals surface area contributed by atoms with E-state index in [0.717, 1.165) is 30.6 Å². The van der Waals surface area contributed by atoms with Gasteiger partial charge >= 0.3 is 5.97 Å². The summed E-state index contributed by atoms with van der Waals surface area (Å²) in [6.45, 7) is 3.35. The standard InChI is InChI=1S/C19H24ClNO4/c1-14(16-7-3-4-8-17(16)20)12-18(22)21(10-9-19(23)24-2)13-15-6-5-11-25-15/h3-4,7-8,12,15H,5-6,9-11,13H2,1-2H3. The average molecular weight is 366 g/mol. The third-order valence-corrected chi connectivity index (χ3v) is 4.54. The Morgan fingerprint density at radius 3 is 2.80 bits per heavy atom. The van der Waals surface area contributed by atoms with Gasteiger partial charge in [0.25, 0.3) is 0 Å². The van der Waals surface area contributed by atoms with Crippen LogP contribution >= 0.6 is 11.6 Å². The second kappa shape index (κ2) is 9.59. The highest BCUT2D eigenvalue weighted by molar-refractivity contribution is 6.32. The molecule has 1 unspecified atom stereocenters. The molecule has 1 fully saturated rings. The molecule has 1 atom stereocenters. The van der Waals surface area contributed by atoms with Crippen molar-refractivity contribution in [3.05, 3.63) is 40.9 Å². The van der Waals surface area contributed by atoms with Crippen LogP contribution in [-0.4, -0.2) is 49.7 Å². The lowest BCUT2D eigenvalue weighted by Crippen LogP contribution is -2.38. The number of carbonyl (C=O) groups is 2. The fourth-order valence-corrected chi connectivity index (χ4v) is 3.07. The van der Waals surface area contributed by atoms with E-state index >= 15 is 0 Å². The average Bonchev–Trinajstić information content (AvgIpc) is 3.11. The largest absolute Gasteiger partial charge is 0.469 e. The zero-order valence-electron chi connectivity index (χ0n) is 14.7. The van der Waals surface area contributed by atoms with Gasteiger partial charge in [-0.3, -0.25) is 9.59 Å². The minimum Gasteiger partial charge on any atom is -0.469 e. The van der Waals surface area contributed by atoms with Gasteiger partial charge in [0.15, 0.2) is 0 Å². The van der Waals surface area contributed by atoms with Gasteiger partial charge in [0.1, 0.15) is 0 Å². The molecule has 6 heteroatoms. The minimum atomic E-state index is -0.336. The molecule has 1 aromatic rings. The number of hydrogen-bond acceptors (Lipinski definition) is 4. The van der Waals surface area contributed by atoms with E-state index in [1.54, 1.807) is 17.0 Å². The van der Waals surface area contributed by atoms with Crippen LogP contribution in [0.25, 0.3) is 5.57 Å². The monoisotopic (exact) mass is 365 g/mol. The Bertz CT molecular complexity index is 638. The Balaban J connectivity index is 2.10. The van der Waals surface area contributed by atoms with Gasteiger partial charge < -0.3 is 14.4 Å². The van der Waals surface area contributed by atoms with Crippen LogP contribution in [0.2, 0.25) is 5.02 Å². The molecular formula is C19H24ClNO4. The van der Waals surface area contributed by atoms with E-state index in [4.69, 9.17) is 16.3 Å². The number of ether oxygens (including phenoxy) is 2. The normalized spacial score (nSPS) is 17.4. The number of nitrogens with zero attached hydrogens (tertiary/aromatic N) is 1. The fraction of sp³-hybridized carbons (Fsp3) is 0.474. The maximum atomic E-state index is 12.7. The number of methoxy groups -OCH3 is 1. The molecule has 0 aromatic heterocycles. The zero-order chi connectivity index (χ0) is 18.2. The molecule has 25 heavy (non-hydrogen) atoms. The summed E-state index contributed by atoms with van der Waals surface area (Å²) in [6.07, 6.45) is 3.67. The summed E-state index contributed by atoms with van der Waals surface area (Å²) in [6, 6.07) is 7.39. The van der Waals surface area contributed by atoms with Crippen LogP contribution in [-0.2, 0) is 19.1 Å². The van der Waals surface area contributed by atoms with Crippen LogP contribution in [0.3, 0.4) is 0 Å². The quantitative estimate of drug-likeness (QED) is 0.549. The Labute approximate surface area is 153 Å². The predicted molar refractivity (Wildman–Crippen MR) is 97.3 cm³/mol. The first-order chi connectivity index (χ1) is 12.0. The second-order valence-electron chi connectivity index (χ2n) is 6.05. The Morgan fingerprint density at radius 1 is 1.40 bits per heavy atom. The lowest BCUT2D eigenvalue weighted by molar-refractivity contribution is -0.141. The molecule has 0 spiro atoms. The second-order valence-corrected chi connectivity index (χ2v) is 6.46. The summed E-state index contributed by atoms with van der Waals surface area (Å²) in [7, 11) is 1.34. The van der Waals surface area contributed by atoms with Crippen molar-refractivity contribution in [1.82, 2.24) is 4.90 Å². The first-order valence-electron chi connectivity index (χ1n) is 8.41. The number of hydrogen-bond donors (Lipinski definition) is 0. The molecule has 1 heterocycles. The summed E-state index contributed by atoms with van der Waals surface area (Å²) >= 11 is 6.19. The van der Waals surface area contributed by atoms with Crippen molar-refractivity contribution < 1.29 is 19.1 Å². The van der Waals surface area contributed by atoms with Crippen molar-refractivity contribution in [2.75, 3.05) is 26.8 Å². The molecule has 5 nitrogen and oxygen atoms in total. The summed E-state index contributed by atoms with van der Waals surface area (Å²) < 4.78 is 10.3. The molecule has 136 valence electrons. The van der Waals surface area contributed by atoms with Gasteiger partial charge in [0.2, 0.25) is 5.91 Å². The molecule has 0 bridgehead atoms. The lowest BCUT2D eigenvalue weighted by atomic mass is 10.1. The summed E-state index contributed by atoms with van der Waals surface area (Å²) in [5.41, 5.74) is 1.61. The molecule has 0 aliphatic carbocycles. The fourth-order valence-electron chi connectivity index (χ4n) is 2.79. The maximum absolute atomic E-state index is 12.7. The van der Waals surface area contributed by atoms with Crippen LogP contribution in [0, 0.1) is 0 Å². The molecule has 1 aliphatic heterocycles. The molecule has 0 N–H and O–H groups in total. The van der Waals surface area contributed by atoms with E-state index in [1.807, 2.05) is 25.1 Å². The van der Waals surface area contributed by atoms with Crippen molar-refractivity contribution in [2.45, 2.75) is 32.3 Å². The number of rotatable bonds is 7. The van der Waals surface area contributed by atoms with Crippen LogP contribution in [0.1, 0.15) is 31.7 Å².